The first kappa shape index (κ1) is 15.5. The largest absolute Gasteiger partial charge is 0.474 e. The van der Waals surface area contributed by atoms with Gasteiger partial charge in [0, 0.05) is 24.3 Å². The van der Waals surface area contributed by atoms with Crippen molar-refractivity contribution in [1.29, 1.82) is 0 Å². The average Bonchev–Trinajstić information content (AvgIpc) is 2.33. The first-order valence-corrected chi connectivity index (χ1v) is 7.60. The third-order valence-corrected chi connectivity index (χ3v) is 3.88. The zero-order valence-corrected chi connectivity index (χ0v) is 13.6. The number of aromatic nitrogens is 2. The van der Waals surface area contributed by atoms with E-state index in [4.69, 9.17) is 21.1 Å². The van der Waals surface area contributed by atoms with Crippen LogP contribution in [0.2, 0.25) is 5.15 Å². The number of halogens is 1. The Morgan fingerprint density at radius 2 is 1.80 bits per heavy atom. The van der Waals surface area contributed by atoms with E-state index in [-0.39, 0.29) is 24.2 Å². The molecule has 1 aromatic rings. The van der Waals surface area contributed by atoms with Crippen LogP contribution in [0.4, 0.5) is 0 Å². The molecule has 0 amide bonds. The van der Waals surface area contributed by atoms with Gasteiger partial charge in [0.25, 0.3) is 0 Å². The van der Waals surface area contributed by atoms with Gasteiger partial charge in [-0.2, -0.15) is 4.98 Å². The van der Waals surface area contributed by atoms with Crippen molar-refractivity contribution in [3.05, 3.63) is 16.5 Å². The highest BCUT2D eigenvalue weighted by atomic mass is 35.5. The molecule has 4 nitrogen and oxygen atoms in total. The minimum atomic E-state index is 0.124. The second-order valence-corrected chi connectivity index (χ2v) is 6.28. The normalized spacial score (nSPS) is 26.9. The molecular formula is C15H23ClN2O2. The van der Waals surface area contributed by atoms with Crippen LogP contribution in [0.15, 0.2) is 0 Å². The molecular weight excluding hydrogens is 276 g/mol. The molecule has 1 aromatic heterocycles. The van der Waals surface area contributed by atoms with Crippen LogP contribution in [0.3, 0.4) is 0 Å². The average molecular weight is 299 g/mol. The number of nitrogens with zero attached hydrogens (tertiary/aromatic N) is 2. The van der Waals surface area contributed by atoms with E-state index in [1.807, 2.05) is 20.8 Å². The molecule has 0 radical (unpaired) electrons. The molecule has 1 aliphatic rings. The zero-order valence-electron chi connectivity index (χ0n) is 12.8. The van der Waals surface area contributed by atoms with E-state index in [1.165, 1.54) is 0 Å². The molecule has 1 aliphatic heterocycles. The van der Waals surface area contributed by atoms with Crippen LogP contribution in [0.1, 0.15) is 57.8 Å². The lowest BCUT2D eigenvalue weighted by atomic mass is 10.0. The molecule has 5 heteroatoms. The summed E-state index contributed by atoms with van der Waals surface area (Å²) in [6.07, 6.45) is 2.31. The highest BCUT2D eigenvalue weighted by molar-refractivity contribution is 6.30. The van der Waals surface area contributed by atoms with E-state index in [1.54, 1.807) is 0 Å². The van der Waals surface area contributed by atoms with Gasteiger partial charge in [-0.3, -0.25) is 0 Å². The number of rotatable bonds is 3. The summed E-state index contributed by atoms with van der Waals surface area (Å²) in [5.41, 5.74) is 0.808. The standard InChI is InChI=1S/C15H23ClN2O2/c1-8(2)14-17-13(16)11(5)15(18-14)20-12-6-9(3)19-10(4)7-12/h8-10,12H,6-7H2,1-5H3. The van der Waals surface area contributed by atoms with Crippen LogP contribution in [0.5, 0.6) is 5.88 Å². The summed E-state index contributed by atoms with van der Waals surface area (Å²) in [7, 11) is 0. The van der Waals surface area contributed by atoms with Gasteiger partial charge in [0.1, 0.15) is 17.1 Å². The predicted molar refractivity (Wildman–Crippen MR) is 79.5 cm³/mol. The summed E-state index contributed by atoms with van der Waals surface area (Å²) < 4.78 is 11.8. The molecule has 0 N–H and O–H groups in total. The summed E-state index contributed by atoms with van der Waals surface area (Å²) in [4.78, 5) is 8.82. The van der Waals surface area contributed by atoms with Crippen LogP contribution < -0.4 is 4.74 Å². The van der Waals surface area contributed by atoms with Crippen LogP contribution >= 0.6 is 11.6 Å². The van der Waals surface area contributed by atoms with Gasteiger partial charge in [-0.25, -0.2) is 4.98 Å². The molecule has 20 heavy (non-hydrogen) atoms. The third-order valence-electron chi connectivity index (χ3n) is 3.51. The van der Waals surface area contributed by atoms with Gasteiger partial charge >= 0.3 is 0 Å². The van der Waals surface area contributed by atoms with Gasteiger partial charge in [0.2, 0.25) is 5.88 Å². The van der Waals surface area contributed by atoms with Crippen molar-refractivity contribution in [1.82, 2.24) is 9.97 Å². The van der Waals surface area contributed by atoms with Crippen LogP contribution in [0, 0.1) is 6.92 Å². The van der Waals surface area contributed by atoms with E-state index in [2.05, 4.69) is 23.8 Å². The van der Waals surface area contributed by atoms with Crippen molar-refractivity contribution in [2.24, 2.45) is 0 Å². The molecule has 2 rings (SSSR count). The second kappa shape index (κ2) is 6.27. The lowest BCUT2D eigenvalue weighted by molar-refractivity contribution is -0.0731. The monoisotopic (exact) mass is 298 g/mol. The Hall–Kier alpha value is -0.870. The van der Waals surface area contributed by atoms with Crippen LogP contribution in [0.25, 0.3) is 0 Å². The molecule has 112 valence electrons. The third kappa shape index (κ3) is 3.61. The highest BCUT2D eigenvalue weighted by Crippen LogP contribution is 2.29. The van der Waals surface area contributed by atoms with E-state index < -0.39 is 0 Å². The van der Waals surface area contributed by atoms with E-state index in [9.17, 15) is 0 Å². The first-order valence-electron chi connectivity index (χ1n) is 7.23. The summed E-state index contributed by atoms with van der Waals surface area (Å²) in [6, 6.07) is 0. The Morgan fingerprint density at radius 3 is 2.35 bits per heavy atom. The minimum absolute atomic E-state index is 0.124. The zero-order chi connectivity index (χ0) is 14.9. The molecule has 0 aliphatic carbocycles. The van der Waals surface area contributed by atoms with Crippen LogP contribution in [-0.4, -0.2) is 28.3 Å². The van der Waals surface area contributed by atoms with Gasteiger partial charge in [0.15, 0.2) is 0 Å². The number of hydrogen-bond donors (Lipinski definition) is 0. The SMILES string of the molecule is Cc1c(Cl)nc(C(C)C)nc1OC1CC(C)OC(C)C1. The summed E-state index contributed by atoms with van der Waals surface area (Å²) in [6.45, 7) is 10.1. The van der Waals surface area contributed by atoms with Gasteiger partial charge in [-0.15, -0.1) is 0 Å². The molecule has 2 unspecified atom stereocenters. The molecule has 0 aromatic carbocycles. The Balaban J connectivity index is 2.20. The van der Waals surface area contributed by atoms with Crippen LogP contribution in [-0.2, 0) is 4.74 Å². The lowest BCUT2D eigenvalue weighted by Crippen LogP contribution is -2.36. The summed E-state index contributed by atoms with van der Waals surface area (Å²) >= 11 is 6.18. The molecule has 1 fully saturated rings. The number of hydrogen-bond acceptors (Lipinski definition) is 4. The van der Waals surface area contributed by atoms with Crippen molar-refractivity contribution >= 4 is 11.6 Å². The highest BCUT2D eigenvalue weighted by Gasteiger charge is 2.27. The van der Waals surface area contributed by atoms with Crippen molar-refractivity contribution < 1.29 is 9.47 Å². The van der Waals surface area contributed by atoms with Crippen molar-refractivity contribution in [3.8, 4) is 5.88 Å². The summed E-state index contributed by atoms with van der Waals surface area (Å²) in [5.74, 6) is 1.56. The summed E-state index contributed by atoms with van der Waals surface area (Å²) in [5, 5.41) is 0.479. The maximum atomic E-state index is 6.18. The van der Waals surface area contributed by atoms with Crippen molar-refractivity contribution in [3.63, 3.8) is 0 Å². The first-order chi connectivity index (χ1) is 9.36. The number of ether oxygens (including phenoxy) is 2. The molecule has 1 saturated heterocycles. The minimum Gasteiger partial charge on any atom is -0.474 e. The second-order valence-electron chi connectivity index (χ2n) is 5.93. The Bertz CT molecular complexity index is 469. The quantitative estimate of drug-likeness (QED) is 0.794. The lowest BCUT2D eigenvalue weighted by Gasteiger charge is -2.32. The van der Waals surface area contributed by atoms with Gasteiger partial charge in [-0.1, -0.05) is 25.4 Å². The molecule has 2 atom stereocenters. The van der Waals surface area contributed by atoms with Crippen molar-refractivity contribution in [2.45, 2.75) is 71.7 Å². The molecule has 2 heterocycles. The van der Waals surface area contributed by atoms with E-state index in [0.29, 0.717) is 11.0 Å². The Morgan fingerprint density at radius 1 is 1.20 bits per heavy atom. The topological polar surface area (TPSA) is 44.2 Å². The molecule has 0 bridgehead atoms. The fourth-order valence-electron chi connectivity index (χ4n) is 2.46. The smallest absolute Gasteiger partial charge is 0.221 e. The maximum Gasteiger partial charge on any atom is 0.221 e. The molecule has 0 spiro atoms. The Labute approximate surface area is 125 Å². The Kier molecular flexibility index (Phi) is 4.86. The fourth-order valence-corrected chi connectivity index (χ4v) is 2.62. The predicted octanol–water partition coefficient (Wildman–Crippen LogP) is 3.90. The van der Waals surface area contributed by atoms with E-state index in [0.717, 1.165) is 24.2 Å². The van der Waals surface area contributed by atoms with Gasteiger partial charge < -0.3 is 9.47 Å². The van der Waals surface area contributed by atoms with Gasteiger partial charge in [0.05, 0.1) is 12.2 Å². The van der Waals surface area contributed by atoms with Crippen molar-refractivity contribution in [2.75, 3.05) is 0 Å². The fraction of sp³-hybridized carbons (Fsp3) is 0.733. The van der Waals surface area contributed by atoms with E-state index >= 15 is 0 Å². The van der Waals surface area contributed by atoms with Gasteiger partial charge in [-0.05, 0) is 20.8 Å². The molecule has 0 saturated carbocycles. The maximum absolute atomic E-state index is 6.18.